The molecule has 0 fully saturated rings. The quantitative estimate of drug-likeness (QED) is 0.349. The molecule has 1 atom stereocenters. The number of carbonyl (C=O) groups excluding carboxylic acids is 1. The molecule has 0 aliphatic heterocycles. The lowest BCUT2D eigenvalue weighted by molar-refractivity contribution is -0.123. The van der Waals surface area contributed by atoms with Gasteiger partial charge in [-0.05, 0) is 29.5 Å². The normalized spacial score (nSPS) is 12.5. The highest BCUT2D eigenvalue weighted by Gasteiger charge is 2.18. The van der Waals surface area contributed by atoms with E-state index in [9.17, 15) is 4.79 Å². The number of benzene rings is 2. The minimum absolute atomic E-state index is 0.106. The Morgan fingerprint density at radius 2 is 1.76 bits per heavy atom. The van der Waals surface area contributed by atoms with Gasteiger partial charge in [-0.1, -0.05) is 69.7 Å². The lowest BCUT2D eigenvalue weighted by Crippen LogP contribution is -2.43. The van der Waals surface area contributed by atoms with E-state index in [1.165, 1.54) is 0 Å². The number of aromatic nitrogens is 3. The highest BCUT2D eigenvalue weighted by atomic mass is 16.2. The lowest BCUT2D eigenvalue weighted by atomic mass is 10.0. The van der Waals surface area contributed by atoms with Gasteiger partial charge >= 0.3 is 0 Å². The molecule has 0 spiro atoms. The Hall–Kier alpha value is -3.45. The zero-order valence-electron chi connectivity index (χ0n) is 20.2. The smallest absolute Gasteiger partial charge is 0.237 e. The van der Waals surface area contributed by atoms with Gasteiger partial charge < -0.3 is 21.4 Å². The summed E-state index contributed by atoms with van der Waals surface area (Å²) in [4.78, 5) is 21.6. The molecule has 0 aliphatic carbocycles. The third-order valence-corrected chi connectivity index (χ3v) is 6.29. The molecule has 34 heavy (non-hydrogen) atoms. The molecular formula is C27H34N6O. The monoisotopic (exact) mass is 458 g/mol. The van der Waals surface area contributed by atoms with Crippen LogP contribution in [0.3, 0.4) is 0 Å². The molecule has 0 bridgehead atoms. The number of imidazole rings is 1. The van der Waals surface area contributed by atoms with Crippen molar-refractivity contribution in [2.45, 2.75) is 59.2 Å². The summed E-state index contributed by atoms with van der Waals surface area (Å²) >= 11 is 0. The Bertz CT molecular complexity index is 1290. The fraction of sp³-hybridized carbons (Fsp3) is 0.370. The Balaban J connectivity index is 1.63. The van der Waals surface area contributed by atoms with E-state index in [0.717, 1.165) is 58.2 Å². The third kappa shape index (κ3) is 4.89. The number of carbonyl (C=O) groups is 1. The van der Waals surface area contributed by atoms with Gasteiger partial charge in [-0.25, -0.2) is 9.97 Å². The van der Waals surface area contributed by atoms with Gasteiger partial charge in [0.2, 0.25) is 5.91 Å². The van der Waals surface area contributed by atoms with Gasteiger partial charge in [-0.3, -0.25) is 4.79 Å². The van der Waals surface area contributed by atoms with Gasteiger partial charge in [0.25, 0.3) is 0 Å². The van der Waals surface area contributed by atoms with Gasteiger partial charge in [0.05, 0.1) is 17.1 Å². The van der Waals surface area contributed by atoms with Gasteiger partial charge in [0.15, 0.2) is 5.82 Å². The average Bonchev–Trinajstić information content (AvgIpc) is 3.20. The van der Waals surface area contributed by atoms with E-state index in [-0.39, 0.29) is 11.8 Å². The fourth-order valence-corrected chi connectivity index (χ4v) is 4.16. The number of nitrogens with two attached hydrogens (primary N) is 2. The SMILES string of the molecule is CCCCc1nc2c(N)nc3ccccc3c2n1Cc1ccc(CNC(=O)C(N)C(C)C)cc1. The van der Waals surface area contributed by atoms with Crippen LogP contribution in [0.2, 0.25) is 0 Å². The van der Waals surface area contributed by atoms with Crippen molar-refractivity contribution in [1.29, 1.82) is 0 Å². The first-order valence-electron chi connectivity index (χ1n) is 12.0. The number of unbranched alkanes of at least 4 members (excludes halogenated alkanes) is 1. The van der Waals surface area contributed by atoms with Crippen LogP contribution in [-0.4, -0.2) is 26.5 Å². The van der Waals surface area contributed by atoms with E-state index in [1.807, 2.05) is 32.0 Å². The van der Waals surface area contributed by atoms with Crippen LogP contribution in [0.1, 0.15) is 50.6 Å². The first kappa shape index (κ1) is 23.7. The summed E-state index contributed by atoms with van der Waals surface area (Å²) in [6.45, 7) is 7.22. The van der Waals surface area contributed by atoms with Crippen LogP contribution in [0.25, 0.3) is 21.9 Å². The van der Waals surface area contributed by atoms with E-state index in [1.54, 1.807) is 0 Å². The van der Waals surface area contributed by atoms with Crippen LogP contribution in [0.5, 0.6) is 0 Å². The van der Waals surface area contributed by atoms with Crippen LogP contribution in [0, 0.1) is 5.92 Å². The number of fused-ring (bicyclic) bond motifs is 3. The number of hydrogen-bond acceptors (Lipinski definition) is 5. The standard InChI is InChI=1S/C27H34N6O/c1-4-5-10-22-32-24-25(20-8-6-7-9-21(20)31-26(24)29)33(22)16-19-13-11-18(12-14-19)15-30-27(34)23(28)17(2)3/h6-9,11-14,17,23H,4-5,10,15-16,28H2,1-3H3,(H2,29,31)(H,30,34). The van der Waals surface area contributed by atoms with Gasteiger partial charge in [-0.2, -0.15) is 0 Å². The second-order valence-corrected chi connectivity index (χ2v) is 9.23. The van der Waals surface area contributed by atoms with Crippen LogP contribution >= 0.6 is 0 Å². The molecule has 7 heteroatoms. The number of amides is 1. The topological polar surface area (TPSA) is 112 Å². The molecule has 0 aliphatic rings. The second-order valence-electron chi connectivity index (χ2n) is 9.23. The van der Waals surface area contributed by atoms with Crippen LogP contribution < -0.4 is 16.8 Å². The maximum Gasteiger partial charge on any atom is 0.237 e. The summed E-state index contributed by atoms with van der Waals surface area (Å²) in [7, 11) is 0. The Kier molecular flexibility index (Phi) is 7.12. The van der Waals surface area contributed by atoms with Crippen molar-refractivity contribution in [2.75, 3.05) is 5.73 Å². The highest BCUT2D eigenvalue weighted by molar-refractivity contribution is 6.06. The van der Waals surface area contributed by atoms with E-state index >= 15 is 0 Å². The summed E-state index contributed by atoms with van der Waals surface area (Å²) in [5.74, 6) is 1.48. The molecule has 4 rings (SSSR count). The van der Waals surface area contributed by atoms with Crippen LogP contribution in [0.4, 0.5) is 5.82 Å². The number of hydrogen-bond donors (Lipinski definition) is 3. The minimum Gasteiger partial charge on any atom is -0.382 e. The van der Waals surface area contributed by atoms with Crippen molar-refractivity contribution in [3.8, 4) is 0 Å². The summed E-state index contributed by atoms with van der Waals surface area (Å²) in [6.07, 6.45) is 3.05. The third-order valence-electron chi connectivity index (χ3n) is 6.29. The number of anilines is 1. The van der Waals surface area contributed by atoms with Gasteiger partial charge in [0, 0.05) is 24.9 Å². The number of para-hydroxylation sites is 1. The molecule has 5 N–H and O–H groups in total. The zero-order chi connectivity index (χ0) is 24.2. The lowest BCUT2D eigenvalue weighted by Gasteiger charge is -2.15. The predicted molar refractivity (Wildman–Crippen MR) is 138 cm³/mol. The first-order chi connectivity index (χ1) is 16.4. The molecule has 0 saturated carbocycles. The van der Waals surface area contributed by atoms with Gasteiger partial charge in [-0.15, -0.1) is 0 Å². The molecule has 0 radical (unpaired) electrons. The molecule has 2 aromatic heterocycles. The summed E-state index contributed by atoms with van der Waals surface area (Å²) in [5.41, 5.74) is 17.1. The fourth-order valence-electron chi connectivity index (χ4n) is 4.16. The molecule has 178 valence electrons. The summed E-state index contributed by atoms with van der Waals surface area (Å²) in [6, 6.07) is 15.9. The maximum atomic E-state index is 12.2. The second kappa shape index (κ2) is 10.2. The number of nitrogen functional groups attached to an aromatic ring is 1. The molecule has 2 heterocycles. The van der Waals surface area contributed by atoms with Gasteiger partial charge in [0.1, 0.15) is 11.3 Å². The van der Waals surface area contributed by atoms with E-state index in [2.05, 4.69) is 52.1 Å². The summed E-state index contributed by atoms with van der Waals surface area (Å²) < 4.78 is 2.28. The largest absolute Gasteiger partial charge is 0.382 e. The Labute approximate surface area is 200 Å². The zero-order valence-corrected chi connectivity index (χ0v) is 20.2. The number of nitrogens with one attached hydrogen (secondary N) is 1. The Morgan fingerprint density at radius 1 is 1.06 bits per heavy atom. The minimum atomic E-state index is -0.493. The molecule has 0 saturated heterocycles. The van der Waals surface area contributed by atoms with Crippen molar-refractivity contribution >= 4 is 33.7 Å². The number of aryl methyl sites for hydroxylation is 1. The van der Waals surface area contributed by atoms with E-state index < -0.39 is 6.04 Å². The molecule has 1 amide bonds. The van der Waals surface area contributed by atoms with Crippen LogP contribution in [0.15, 0.2) is 48.5 Å². The Morgan fingerprint density at radius 3 is 2.47 bits per heavy atom. The predicted octanol–water partition coefficient (Wildman–Crippen LogP) is 4.16. The van der Waals surface area contributed by atoms with Crippen molar-refractivity contribution in [1.82, 2.24) is 19.9 Å². The number of nitrogens with zero attached hydrogens (tertiary/aromatic N) is 3. The van der Waals surface area contributed by atoms with Crippen molar-refractivity contribution in [2.24, 2.45) is 11.7 Å². The molecule has 7 nitrogen and oxygen atoms in total. The molecule has 1 unspecified atom stereocenters. The van der Waals surface area contributed by atoms with E-state index in [4.69, 9.17) is 16.5 Å². The molecular weight excluding hydrogens is 424 g/mol. The molecule has 2 aromatic carbocycles. The van der Waals surface area contributed by atoms with Crippen molar-refractivity contribution in [3.05, 3.63) is 65.5 Å². The number of pyridine rings is 1. The highest BCUT2D eigenvalue weighted by Crippen LogP contribution is 2.30. The van der Waals surface area contributed by atoms with Crippen molar-refractivity contribution < 1.29 is 4.79 Å². The molecule has 4 aromatic rings. The summed E-state index contributed by atoms with van der Waals surface area (Å²) in [5, 5.41) is 3.99. The van der Waals surface area contributed by atoms with Crippen LogP contribution in [-0.2, 0) is 24.3 Å². The average molecular weight is 459 g/mol. The van der Waals surface area contributed by atoms with Crippen molar-refractivity contribution in [3.63, 3.8) is 0 Å². The number of rotatable bonds is 9. The first-order valence-corrected chi connectivity index (χ1v) is 12.0. The van der Waals surface area contributed by atoms with E-state index in [0.29, 0.717) is 18.9 Å². The maximum absolute atomic E-state index is 12.2.